The zero-order valence-corrected chi connectivity index (χ0v) is 25.9. The molecule has 0 amide bonds. The molecule has 0 saturated carbocycles. The maximum absolute atomic E-state index is 13.2. The van der Waals surface area contributed by atoms with Gasteiger partial charge in [-0.1, -0.05) is 85.3 Å². The molecule has 3 aromatic rings. The summed E-state index contributed by atoms with van der Waals surface area (Å²) in [5.74, 6) is 1.85. The first-order chi connectivity index (χ1) is 20.9. The van der Waals surface area contributed by atoms with Gasteiger partial charge >= 0.3 is 0 Å². The van der Waals surface area contributed by atoms with Crippen LogP contribution in [0, 0.1) is 0 Å². The number of hydrogen-bond acceptors (Lipinski definition) is 4. The number of ketones is 1. The monoisotopic (exact) mass is 574 g/mol. The van der Waals surface area contributed by atoms with E-state index >= 15 is 0 Å². The van der Waals surface area contributed by atoms with Crippen LogP contribution in [0.5, 0.6) is 0 Å². The first-order valence-electron chi connectivity index (χ1n) is 15.0. The number of fused-ring (bicyclic) bond motifs is 3. The molecule has 43 heavy (non-hydrogen) atoms. The Morgan fingerprint density at radius 1 is 0.953 bits per heavy atom. The molecule has 2 atom stereocenters. The summed E-state index contributed by atoms with van der Waals surface area (Å²) in [5, 5.41) is 0. The van der Waals surface area contributed by atoms with Gasteiger partial charge in [0.2, 0.25) is 0 Å². The minimum Gasteiger partial charge on any atom is -0.493 e. The largest absolute Gasteiger partial charge is 0.493 e. The van der Waals surface area contributed by atoms with Crippen molar-refractivity contribution >= 4 is 11.4 Å². The molecule has 3 aromatic carbocycles. The molecule has 0 bridgehead atoms. The van der Waals surface area contributed by atoms with Crippen LogP contribution in [0.2, 0.25) is 0 Å². The first-order valence-corrected chi connectivity index (χ1v) is 15.0. The predicted octanol–water partition coefficient (Wildman–Crippen LogP) is 9.77. The van der Waals surface area contributed by atoms with Gasteiger partial charge in [0, 0.05) is 36.8 Å². The van der Waals surface area contributed by atoms with Crippen LogP contribution in [0.3, 0.4) is 0 Å². The van der Waals surface area contributed by atoms with Crippen LogP contribution >= 0.6 is 0 Å². The number of methoxy groups -OCH3 is 1. The third-order valence-corrected chi connectivity index (χ3v) is 8.14. The Hall–Kier alpha value is -4.33. The lowest BCUT2D eigenvalue weighted by Gasteiger charge is -2.17. The van der Waals surface area contributed by atoms with Gasteiger partial charge in [-0.15, -0.1) is 0 Å². The average molecular weight is 575 g/mol. The average Bonchev–Trinajstić information content (AvgIpc) is 3.69. The van der Waals surface area contributed by atoms with Crippen molar-refractivity contribution in [2.45, 2.75) is 65.1 Å². The van der Waals surface area contributed by atoms with Gasteiger partial charge in [0.25, 0.3) is 0 Å². The summed E-state index contributed by atoms with van der Waals surface area (Å²) in [6.45, 7) is 13.9. The number of carbonyl (C=O) groups is 1. The Kier molecular flexibility index (Phi) is 11.2. The van der Waals surface area contributed by atoms with Crippen molar-refractivity contribution in [1.29, 1.82) is 0 Å². The van der Waals surface area contributed by atoms with Gasteiger partial charge in [-0.05, 0) is 78.6 Å². The number of allylic oxidation sites excluding steroid dienone is 4. The van der Waals surface area contributed by atoms with E-state index in [-0.39, 0.29) is 18.0 Å². The summed E-state index contributed by atoms with van der Waals surface area (Å²) in [6, 6.07) is 22.5. The summed E-state index contributed by atoms with van der Waals surface area (Å²) in [7, 11) is 1.59. The lowest BCUT2D eigenvalue weighted by atomic mass is 9.90. The quantitative estimate of drug-likeness (QED) is 0.137. The molecule has 4 heteroatoms. The number of hydrogen-bond donors (Lipinski definition) is 0. The molecule has 0 aromatic heterocycles. The minimum atomic E-state index is -0.161. The third kappa shape index (κ3) is 7.74. The Morgan fingerprint density at radius 3 is 2.19 bits per heavy atom. The molecule has 0 radical (unpaired) electrons. The zero-order valence-electron chi connectivity index (χ0n) is 25.9. The van der Waals surface area contributed by atoms with Crippen molar-refractivity contribution in [1.82, 2.24) is 0 Å². The fourth-order valence-corrected chi connectivity index (χ4v) is 5.50. The van der Waals surface area contributed by atoms with E-state index in [0.717, 1.165) is 55.8 Å². The van der Waals surface area contributed by atoms with Crippen molar-refractivity contribution in [2.75, 3.05) is 13.7 Å². The topological polar surface area (TPSA) is 44.8 Å². The van der Waals surface area contributed by atoms with Gasteiger partial charge < -0.3 is 14.2 Å². The van der Waals surface area contributed by atoms with Crippen LogP contribution in [0.1, 0.15) is 91.4 Å². The molecule has 0 spiro atoms. The van der Waals surface area contributed by atoms with Gasteiger partial charge in [-0.2, -0.15) is 0 Å². The van der Waals surface area contributed by atoms with Crippen molar-refractivity contribution in [2.24, 2.45) is 0 Å². The lowest BCUT2D eigenvalue weighted by molar-refractivity contribution is -0.0824. The smallest absolute Gasteiger partial charge is 0.200 e. The fraction of sp³-hybridized carbons (Fsp3) is 0.308. The van der Waals surface area contributed by atoms with E-state index in [1.54, 1.807) is 14.0 Å². The predicted molar refractivity (Wildman–Crippen MR) is 175 cm³/mol. The molecule has 2 aliphatic rings. The Morgan fingerprint density at radius 2 is 1.63 bits per heavy atom. The maximum Gasteiger partial charge on any atom is 0.200 e. The summed E-state index contributed by atoms with van der Waals surface area (Å²) in [4.78, 5) is 13.2. The second-order valence-corrected chi connectivity index (χ2v) is 10.8. The molecule has 222 valence electrons. The van der Waals surface area contributed by atoms with Gasteiger partial charge in [0.05, 0.1) is 13.7 Å². The van der Waals surface area contributed by atoms with Crippen LogP contribution in [0.15, 0.2) is 109 Å². The third-order valence-electron chi connectivity index (χ3n) is 8.14. The Balaban J connectivity index is 0.000000641. The van der Waals surface area contributed by atoms with Gasteiger partial charge in [0.15, 0.2) is 12.1 Å². The molecular formula is C39H42O4. The van der Waals surface area contributed by atoms with E-state index in [1.807, 2.05) is 36.4 Å². The number of ether oxygens (including phenoxy) is 3. The molecule has 0 N–H and O–H groups in total. The molecule has 1 heterocycles. The van der Waals surface area contributed by atoms with Crippen LogP contribution in [-0.4, -0.2) is 25.8 Å². The molecule has 2 unspecified atom stereocenters. The second-order valence-electron chi connectivity index (χ2n) is 10.8. The van der Waals surface area contributed by atoms with E-state index in [9.17, 15) is 4.79 Å². The lowest BCUT2D eigenvalue weighted by Crippen LogP contribution is -2.10. The van der Waals surface area contributed by atoms with Crippen LogP contribution in [0.4, 0.5) is 0 Å². The van der Waals surface area contributed by atoms with Gasteiger partial charge in [0.1, 0.15) is 11.5 Å². The highest BCUT2D eigenvalue weighted by atomic mass is 16.7. The van der Waals surface area contributed by atoms with Crippen molar-refractivity contribution < 1.29 is 19.0 Å². The first kappa shape index (κ1) is 31.6. The second kappa shape index (κ2) is 15.2. The van der Waals surface area contributed by atoms with Gasteiger partial charge in [-0.3, -0.25) is 4.79 Å². The standard InChI is InChI=1S/C34H34O3.C5H8O/c1-4-23(3)25-16-18-29-28(14-9-13-27(5-2)37-33-15-10-20-36-33)30-19-17-26(22-32(30)31(29)21-25)34(35)24-11-7-6-8-12-24;1-4-5(2)6-3/h4,6-8,11-12,16-19,21-22,28,33H,2,9-10,13-15,20H2,1,3H3;1H2,2-3H3/b23-4+;. The SMILES string of the molecule is C=C=C(C)OC.C=C=C(CCCC1c2ccc(C(=O)c3ccccc3)cc2-c2cc(/C(C)=C/C)ccc21)OC1CCCO1. The summed E-state index contributed by atoms with van der Waals surface area (Å²) < 4.78 is 16.2. The minimum absolute atomic E-state index is 0.0567. The van der Waals surface area contributed by atoms with Crippen LogP contribution in [0.25, 0.3) is 16.7 Å². The highest BCUT2D eigenvalue weighted by Gasteiger charge is 2.30. The van der Waals surface area contributed by atoms with E-state index < -0.39 is 0 Å². The maximum atomic E-state index is 13.2. The van der Waals surface area contributed by atoms with Crippen LogP contribution < -0.4 is 0 Å². The van der Waals surface area contributed by atoms with Crippen LogP contribution in [-0.2, 0) is 14.2 Å². The zero-order chi connectivity index (χ0) is 30.8. The Bertz CT molecular complexity index is 1560. The summed E-state index contributed by atoms with van der Waals surface area (Å²) >= 11 is 0. The highest BCUT2D eigenvalue weighted by Crippen LogP contribution is 2.48. The van der Waals surface area contributed by atoms with Crippen molar-refractivity contribution in [3.63, 3.8) is 0 Å². The van der Waals surface area contributed by atoms with Crippen molar-refractivity contribution in [3.05, 3.63) is 137 Å². The molecule has 5 rings (SSSR count). The molecule has 1 saturated heterocycles. The molecule has 1 aliphatic carbocycles. The Labute approximate surface area is 256 Å². The van der Waals surface area contributed by atoms with Gasteiger partial charge in [-0.25, -0.2) is 0 Å². The molecule has 1 fully saturated rings. The van der Waals surface area contributed by atoms with E-state index in [4.69, 9.17) is 9.47 Å². The highest BCUT2D eigenvalue weighted by molar-refractivity contribution is 6.09. The fourth-order valence-electron chi connectivity index (χ4n) is 5.50. The van der Waals surface area contributed by atoms with E-state index in [2.05, 4.69) is 79.6 Å². The molecular weight excluding hydrogens is 532 g/mol. The van der Waals surface area contributed by atoms with E-state index in [0.29, 0.717) is 5.56 Å². The summed E-state index contributed by atoms with van der Waals surface area (Å²) in [5.41, 5.74) is 14.5. The number of carbonyl (C=O) groups excluding carboxylic acids is 1. The molecule has 1 aliphatic heterocycles. The normalized spacial score (nSPS) is 16.5. The number of benzene rings is 3. The molecule has 4 nitrogen and oxygen atoms in total. The number of rotatable bonds is 10. The van der Waals surface area contributed by atoms with Crippen molar-refractivity contribution in [3.8, 4) is 11.1 Å². The summed E-state index contributed by atoms with van der Waals surface area (Å²) in [6.07, 6.45) is 6.65. The van der Waals surface area contributed by atoms with E-state index in [1.165, 1.54) is 33.4 Å².